The zero-order chi connectivity index (χ0) is 10.8. The molecule has 0 aliphatic rings. The highest BCUT2D eigenvalue weighted by atomic mass is 127. The van der Waals surface area contributed by atoms with Crippen LogP contribution in [0.2, 0.25) is 5.02 Å². The van der Waals surface area contributed by atoms with Crippen LogP contribution in [0.4, 0.5) is 13.2 Å². The minimum atomic E-state index is -4.66. The first kappa shape index (κ1) is 11.9. The van der Waals surface area contributed by atoms with Gasteiger partial charge < -0.3 is 4.74 Å². The average molecular weight is 336 g/mol. The van der Waals surface area contributed by atoms with Crippen LogP contribution in [0.15, 0.2) is 18.2 Å². The molecule has 1 nitrogen and oxygen atoms in total. The molecule has 0 aromatic heterocycles. The number of hydrogen-bond acceptors (Lipinski definition) is 1. The first-order valence-corrected chi connectivity index (χ1v) is 5.43. The first-order chi connectivity index (χ1) is 6.42. The predicted molar refractivity (Wildman–Crippen MR) is 55.9 cm³/mol. The lowest BCUT2D eigenvalue weighted by Gasteiger charge is -2.11. The quantitative estimate of drug-likeness (QED) is 0.582. The number of rotatable bonds is 2. The van der Waals surface area contributed by atoms with Crippen LogP contribution in [0.5, 0.6) is 5.75 Å². The van der Waals surface area contributed by atoms with Crippen molar-refractivity contribution >= 4 is 34.2 Å². The van der Waals surface area contributed by atoms with E-state index in [9.17, 15) is 13.2 Å². The fourth-order valence-corrected chi connectivity index (χ4v) is 1.67. The van der Waals surface area contributed by atoms with E-state index in [0.29, 0.717) is 15.0 Å². The summed E-state index contributed by atoms with van der Waals surface area (Å²) < 4.78 is 39.9. The summed E-state index contributed by atoms with van der Waals surface area (Å²) in [5.41, 5.74) is 0.426. The molecule has 6 heteroatoms. The van der Waals surface area contributed by atoms with Crippen molar-refractivity contribution in [3.63, 3.8) is 0 Å². The van der Waals surface area contributed by atoms with Crippen molar-refractivity contribution in [3.8, 4) is 5.75 Å². The van der Waals surface area contributed by atoms with Gasteiger partial charge in [-0.2, -0.15) is 0 Å². The molecule has 1 aromatic rings. The number of benzene rings is 1. The van der Waals surface area contributed by atoms with Gasteiger partial charge in [0.05, 0.1) is 0 Å². The maximum absolute atomic E-state index is 11.9. The Hall–Kier alpha value is -0.170. The summed E-state index contributed by atoms with van der Waals surface area (Å²) in [6, 6.07) is 4.03. The van der Waals surface area contributed by atoms with Gasteiger partial charge in [0.1, 0.15) is 5.75 Å². The fourth-order valence-electron chi connectivity index (χ4n) is 0.877. The Morgan fingerprint density at radius 1 is 1.36 bits per heavy atom. The van der Waals surface area contributed by atoms with E-state index in [1.165, 1.54) is 18.2 Å². The lowest BCUT2D eigenvalue weighted by molar-refractivity contribution is -0.274. The van der Waals surface area contributed by atoms with Gasteiger partial charge >= 0.3 is 6.36 Å². The zero-order valence-electron chi connectivity index (χ0n) is 6.74. The molecule has 1 rings (SSSR count). The van der Waals surface area contributed by atoms with Crippen LogP contribution in [0.3, 0.4) is 0 Å². The van der Waals surface area contributed by atoms with Crippen LogP contribution in [-0.4, -0.2) is 6.36 Å². The number of halogens is 5. The molecule has 14 heavy (non-hydrogen) atoms. The van der Waals surface area contributed by atoms with Gasteiger partial charge in [0, 0.05) is 15.0 Å². The Balaban J connectivity index is 2.97. The summed E-state index contributed by atoms with van der Waals surface area (Å²) in [6.07, 6.45) is -4.66. The molecule has 0 saturated carbocycles. The summed E-state index contributed by atoms with van der Waals surface area (Å²) in [4.78, 5) is 0. The van der Waals surface area contributed by atoms with E-state index in [4.69, 9.17) is 11.6 Å². The largest absolute Gasteiger partial charge is 0.573 e. The Morgan fingerprint density at radius 2 is 2.00 bits per heavy atom. The second kappa shape index (κ2) is 4.57. The normalized spacial score (nSPS) is 11.5. The minimum Gasteiger partial charge on any atom is -0.405 e. The summed E-state index contributed by atoms with van der Waals surface area (Å²) in [6.45, 7) is 0. The lowest BCUT2D eigenvalue weighted by Crippen LogP contribution is -2.17. The van der Waals surface area contributed by atoms with Crippen LogP contribution < -0.4 is 4.74 Å². The van der Waals surface area contributed by atoms with Crippen LogP contribution in [0.1, 0.15) is 5.56 Å². The van der Waals surface area contributed by atoms with Crippen LogP contribution >= 0.6 is 34.2 Å². The van der Waals surface area contributed by atoms with E-state index < -0.39 is 6.36 Å². The molecule has 0 aliphatic heterocycles. The highest BCUT2D eigenvalue weighted by Gasteiger charge is 2.31. The minimum absolute atomic E-state index is 0.198. The van der Waals surface area contributed by atoms with Gasteiger partial charge in [-0.15, -0.1) is 13.2 Å². The summed E-state index contributed by atoms with van der Waals surface area (Å²) in [5.74, 6) is -0.198. The van der Waals surface area contributed by atoms with E-state index in [2.05, 4.69) is 4.74 Å². The number of ether oxygens (including phenoxy) is 1. The van der Waals surface area contributed by atoms with Crippen molar-refractivity contribution in [2.24, 2.45) is 0 Å². The first-order valence-electron chi connectivity index (χ1n) is 3.52. The summed E-state index contributed by atoms with van der Waals surface area (Å²) >= 11 is 7.57. The predicted octanol–water partition coefficient (Wildman–Crippen LogP) is 4.17. The maximum Gasteiger partial charge on any atom is 0.573 e. The number of hydrogen-bond donors (Lipinski definition) is 0. The van der Waals surface area contributed by atoms with Gasteiger partial charge in [-0.25, -0.2) is 0 Å². The Kier molecular flexibility index (Phi) is 3.88. The third kappa shape index (κ3) is 3.53. The molecular formula is C8H5ClF3IO. The van der Waals surface area contributed by atoms with Crippen molar-refractivity contribution in [3.05, 3.63) is 28.8 Å². The molecule has 0 aliphatic carbocycles. The Morgan fingerprint density at radius 3 is 2.50 bits per heavy atom. The molecule has 0 bridgehead atoms. The highest BCUT2D eigenvalue weighted by molar-refractivity contribution is 14.1. The molecule has 0 heterocycles. The molecular weight excluding hydrogens is 331 g/mol. The fraction of sp³-hybridized carbons (Fsp3) is 0.250. The second-order valence-corrected chi connectivity index (χ2v) is 3.63. The average Bonchev–Trinajstić information content (AvgIpc) is 2.06. The van der Waals surface area contributed by atoms with E-state index >= 15 is 0 Å². The molecule has 1 aromatic carbocycles. The third-order valence-electron chi connectivity index (χ3n) is 1.39. The Bertz CT molecular complexity index is 327. The standard InChI is InChI=1S/C8H5ClF3IO/c9-6-1-2-7(5(3-6)4-13)14-8(10,11)12/h1-3H,4H2. The molecule has 0 saturated heterocycles. The molecule has 0 fully saturated rings. The maximum atomic E-state index is 11.9. The van der Waals surface area contributed by atoms with Crippen LogP contribution in [-0.2, 0) is 4.43 Å². The number of alkyl halides is 4. The lowest BCUT2D eigenvalue weighted by atomic mass is 10.2. The van der Waals surface area contributed by atoms with Crippen molar-refractivity contribution in [2.75, 3.05) is 0 Å². The zero-order valence-corrected chi connectivity index (χ0v) is 9.65. The van der Waals surface area contributed by atoms with E-state index in [-0.39, 0.29) is 5.75 Å². The monoisotopic (exact) mass is 336 g/mol. The SMILES string of the molecule is FC(F)(F)Oc1ccc(Cl)cc1CI. The van der Waals surface area contributed by atoms with Gasteiger partial charge in [0.2, 0.25) is 0 Å². The van der Waals surface area contributed by atoms with E-state index in [1.807, 2.05) is 22.6 Å². The van der Waals surface area contributed by atoms with Crippen LogP contribution in [0.25, 0.3) is 0 Å². The van der Waals surface area contributed by atoms with E-state index in [0.717, 1.165) is 0 Å². The summed E-state index contributed by atoms with van der Waals surface area (Å²) in [7, 11) is 0. The Labute approximate surface area is 97.3 Å². The van der Waals surface area contributed by atoms with Gasteiger partial charge in [-0.3, -0.25) is 0 Å². The smallest absolute Gasteiger partial charge is 0.405 e. The molecule has 0 atom stereocenters. The molecule has 0 amide bonds. The third-order valence-corrected chi connectivity index (χ3v) is 2.45. The van der Waals surface area contributed by atoms with Crippen LogP contribution in [0, 0.1) is 0 Å². The molecule has 0 radical (unpaired) electrons. The molecule has 0 unspecified atom stereocenters. The second-order valence-electron chi connectivity index (χ2n) is 2.43. The highest BCUT2D eigenvalue weighted by Crippen LogP contribution is 2.29. The van der Waals surface area contributed by atoms with E-state index in [1.54, 1.807) is 0 Å². The topological polar surface area (TPSA) is 9.23 Å². The van der Waals surface area contributed by atoms with Crippen molar-refractivity contribution in [2.45, 2.75) is 10.8 Å². The molecule has 78 valence electrons. The summed E-state index contributed by atoms with van der Waals surface area (Å²) in [5, 5.41) is 0.395. The molecule has 0 N–H and O–H groups in total. The van der Waals surface area contributed by atoms with Crippen molar-refractivity contribution < 1.29 is 17.9 Å². The van der Waals surface area contributed by atoms with Crippen molar-refractivity contribution in [1.82, 2.24) is 0 Å². The van der Waals surface area contributed by atoms with Crippen molar-refractivity contribution in [1.29, 1.82) is 0 Å². The van der Waals surface area contributed by atoms with Gasteiger partial charge in [0.25, 0.3) is 0 Å². The van der Waals surface area contributed by atoms with Gasteiger partial charge in [-0.05, 0) is 18.2 Å². The molecule has 0 spiro atoms. The van der Waals surface area contributed by atoms with Gasteiger partial charge in [-0.1, -0.05) is 34.2 Å². The van der Waals surface area contributed by atoms with Gasteiger partial charge in [0.15, 0.2) is 0 Å².